The summed E-state index contributed by atoms with van der Waals surface area (Å²) in [5.74, 6) is 0. The molecule has 2 heterocycles. The Balaban J connectivity index is 1.95. The first-order valence-corrected chi connectivity index (χ1v) is 5.60. The molecule has 0 unspecified atom stereocenters. The fourth-order valence-electron chi connectivity index (χ4n) is 2.06. The van der Waals surface area contributed by atoms with E-state index in [1.54, 1.807) is 11.2 Å². The van der Waals surface area contributed by atoms with Crippen molar-refractivity contribution in [2.45, 2.75) is 30.5 Å². The van der Waals surface area contributed by atoms with Crippen molar-refractivity contribution < 1.29 is 25.2 Å². The molecule has 5 N–H and O–H groups in total. The molecule has 0 amide bonds. The van der Waals surface area contributed by atoms with Gasteiger partial charge in [0.25, 0.3) is 0 Å². The lowest BCUT2D eigenvalue weighted by Crippen LogP contribution is -2.61. The van der Waals surface area contributed by atoms with Crippen LogP contribution in [0.25, 0.3) is 0 Å². The van der Waals surface area contributed by atoms with Gasteiger partial charge in [-0.25, -0.2) is 5.01 Å². The van der Waals surface area contributed by atoms with Crippen molar-refractivity contribution in [3.05, 3.63) is 12.3 Å². The first kappa shape index (κ1) is 12.7. The SMILES string of the molecule is OC[C@H]1O[C@@H](CN2CC=CN2)[C@H](O)[C@@H](O)[C@@H]1O. The molecule has 0 aromatic rings. The third-order valence-electron chi connectivity index (χ3n) is 3.09. The molecule has 7 nitrogen and oxygen atoms in total. The highest BCUT2D eigenvalue weighted by Gasteiger charge is 2.43. The molecule has 0 aromatic carbocycles. The van der Waals surface area contributed by atoms with Gasteiger partial charge in [0.1, 0.15) is 30.5 Å². The number of nitrogens with zero attached hydrogens (tertiary/aromatic N) is 1. The molecule has 1 fully saturated rings. The summed E-state index contributed by atoms with van der Waals surface area (Å²) >= 11 is 0. The highest BCUT2D eigenvalue weighted by molar-refractivity contribution is 4.95. The summed E-state index contributed by atoms with van der Waals surface area (Å²) < 4.78 is 5.37. The molecule has 5 atom stereocenters. The first-order valence-electron chi connectivity index (χ1n) is 5.60. The number of hydrazine groups is 1. The maximum atomic E-state index is 9.79. The van der Waals surface area contributed by atoms with Crippen molar-refractivity contribution in [3.63, 3.8) is 0 Å². The Bertz CT molecular complexity index is 276. The molecule has 0 aliphatic carbocycles. The van der Waals surface area contributed by atoms with Gasteiger partial charge in [0.05, 0.1) is 6.61 Å². The van der Waals surface area contributed by atoms with Crippen LogP contribution in [0.1, 0.15) is 0 Å². The minimum Gasteiger partial charge on any atom is -0.394 e. The van der Waals surface area contributed by atoms with Crippen LogP contribution in [0.2, 0.25) is 0 Å². The van der Waals surface area contributed by atoms with E-state index in [2.05, 4.69) is 5.43 Å². The van der Waals surface area contributed by atoms with Crippen molar-refractivity contribution in [3.8, 4) is 0 Å². The molecule has 0 radical (unpaired) electrons. The summed E-state index contributed by atoms with van der Waals surface area (Å²) in [6, 6.07) is 0. The zero-order valence-corrected chi connectivity index (χ0v) is 9.31. The van der Waals surface area contributed by atoms with E-state index in [0.29, 0.717) is 13.1 Å². The number of nitrogens with one attached hydrogen (secondary N) is 1. The summed E-state index contributed by atoms with van der Waals surface area (Å²) in [6.07, 6.45) is -1.59. The predicted octanol–water partition coefficient (Wildman–Crippen LogP) is -2.84. The van der Waals surface area contributed by atoms with E-state index in [-0.39, 0.29) is 0 Å². The van der Waals surface area contributed by atoms with E-state index >= 15 is 0 Å². The summed E-state index contributed by atoms with van der Waals surface area (Å²) in [6.45, 7) is 0.636. The van der Waals surface area contributed by atoms with E-state index in [4.69, 9.17) is 9.84 Å². The second-order valence-electron chi connectivity index (χ2n) is 4.30. The van der Waals surface area contributed by atoms with Gasteiger partial charge in [0, 0.05) is 19.3 Å². The van der Waals surface area contributed by atoms with Crippen molar-refractivity contribution in [2.75, 3.05) is 19.7 Å². The molecule has 0 aromatic heterocycles. The Hall–Kier alpha value is -0.700. The summed E-state index contributed by atoms with van der Waals surface area (Å²) in [5, 5.41) is 39.8. The van der Waals surface area contributed by atoms with Gasteiger partial charge in [-0.15, -0.1) is 0 Å². The Labute approximate surface area is 98.9 Å². The molecule has 0 saturated carbocycles. The van der Waals surface area contributed by atoms with Gasteiger partial charge in [-0.3, -0.25) is 0 Å². The highest BCUT2D eigenvalue weighted by atomic mass is 16.5. The number of hydrogen-bond acceptors (Lipinski definition) is 7. The van der Waals surface area contributed by atoms with Crippen LogP contribution >= 0.6 is 0 Å². The number of hydrogen-bond donors (Lipinski definition) is 5. The van der Waals surface area contributed by atoms with Crippen molar-refractivity contribution in [1.29, 1.82) is 0 Å². The molecular weight excluding hydrogens is 228 g/mol. The Morgan fingerprint density at radius 1 is 1.18 bits per heavy atom. The van der Waals surface area contributed by atoms with Gasteiger partial charge >= 0.3 is 0 Å². The average molecular weight is 246 g/mol. The average Bonchev–Trinajstić information content (AvgIpc) is 2.83. The Kier molecular flexibility index (Phi) is 3.97. The molecule has 7 heteroatoms. The van der Waals surface area contributed by atoms with Gasteiger partial charge < -0.3 is 30.6 Å². The van der Waals surface area contributed by atoms with Crippen LogP contribution in [0.3, 0.4) is 0 Å². The number of rotatable bonds is 3. The monoisotopic (exact) mass is 246 g/mol. The van der Waals surface area contributed by atoms with Crippen LogP contribution in [0.4, 0.5) is 0 Å². The molecule has 98 valence electrons. The van der Waals surface area contributed by atoms with Crippen molar-refractivity contribution >= 4 is 0 Å². The van der Waals surface area contributed by atoms with Crippen LogP contribution in [0.5, 0.6) is 0 Å². The van der Waals surface area contributed by atoms with Gasteiger partial charge in [-0.05, 0) is 0 Å². The fraction of sp³-hybridized carbons (Fsp3) is 0.800. The normalized spacial score (nSPS) is 42.7. The highest BCUT2D eigenvalue weighted by Crippen LogP contribution is 2.21. The topological polar surface area (TPSA) is 105 Å². The smallest absolute Gasteiger partial charge is 0.111 e. The summed E-state index contributed by atoms with van der Waals surface area (Å²) in [5.41, 5.74) is 2.94. The summed E-state index contributed by atoms with van der Waals surface area (Å²) in [4.78, 5) is 0. The van der Waals surface area contributed by atoms with Crippen LogP contribution in [0, 0.1) is 0 Å². The lowest BCUT2D eigenvalue weighted by molar-refractivity contribution is -0.232. The maximum absolute atomic E-state index is 9.79. The number of ether oxygens (including phenoxy) is 1. The largest absolute Gasteiger partial charge is 0.394 e. The summed E-state index contributed by atoms with van der Waals surface area (Å²) in [7, 11) is 0. The standard InChI is InChI=1S/C10H18N2O5/c13-5-7-9(15)10(16)8(14)6(17-7)4-12-3-1-2-11-12/h1-2,6-11,13-16H,3-5H2/t6-,7+,8-,9+,10+/m0/s1. The molecule has 2 aliphatic rings. The fourth-order valence-corrected chi connectivity index (χ4v) is 2.06. The number of aliphatic hydroxyl groups is 4. The van der Waals surface area contributed by atoms with Gasteiger partial charge in [-0.1, -0.05) is 6.08 Å². The van der Waals surface area contributed by atoms with E-state index in [9.17, 15) is 15.3 Å². The molecule has 0 spiro atoms. The zero-order chi connectivity index (χ0) is 12.4. The van der Waals surface area contributed by atoms with Crippen molar-refractivity contribution in [2.24, 2.45) is 0 Å². The minimum atomic E-state index is -1.30. The molecule has 2 rings (SSSR count). The minimum absolute atomic E-state index is 0.356. The van der Waals surface area contributed by atoms with E-state index in [1.165, 1.54) is 0 Å². The van der Waals surface area contributed by atoms with Gasteiger partial charge in [0.2, 0.25) is 0 Å². The predicted molar refractivity (Wildman–Crippen MR) is 57.6 cm³/mol. The molecule has 0 bridgehead atoms. The quantitative estimate of drug-likeness (QED) is 0.365. The molecule has 17 heavy (non-hydrogen) atoms. The van der Waals surface area contributed by atoms with Crippen LogP contribution in [0.15, 0.2) is 12.3 Å². The van der Waals surface area contributed by atoms with E-state index < -0.39 is 37.1 Å². The van der Waals surface area contributed by atoms with Crippen LogP contribution in [-0.4, -0.2) is 75.7 Å². The number of aliphatic hydroxyl groups excluding tert-OH is 4. The molecule has 2 aliphatic heterocycles. The molecular formula is C10H18N2O5. The third-order valence-corrected chi connectivity index (χ3v) is 3.09. The van der Waals surface area contributed by atoms with Crippen LogP contribution in [-0.2, 0) is 4.74 Å². The zero-order valence-electron chi connectivity index (χ0n) is 9.31. The maximum Gasteiger partial charge on any atom is 0.111 e. The first-order chi connectivity index (χ1) is 8.13. The lowest BCUT2D eigenvalue weighted by Gasteiger charge is -2.41. The van der Waals surface area contributed by atoms with E-state index in [0.717, 1.165) is 0 Å². The van der Waals surface area contributed by atoms with Gasteiger partial charge in [-0.2, -0.15) is 0 Å². The third kappa shape index (κ3) is 2.59. The molecule has 1 saturated heterocycles. The van der Waals surface area contributed by atoms with E-state index in [1.807, 2.05) is 6.08 Å². The van der Waals surface area contributed by atoms with Crippen LogP contribution < -0.4 is 5.43 Å². The Morgan fingerprint density at radius 3 is 2.47 bits per heavy atom. The second-order valence-corrected chi connectivity index (χ2v) is 4.30. The lowest BCUT2D eigenvalue weighted by atomic mass is 9.95. The Morgan fingerprint density at radius 2 is 1.88 bits per heavy atom. The van der Waals surface area contributed by atoms with Gasteiger partial charge in [0.15, 0.2) is 0 Å². The second kappa shape index (κ2) is 5.30. The van der Waals surface area contributed by atoms with Crippen molar-refractivity contribution in [1.82, 2.24) is 10.4 Å².